The summed E-state index contributed by atoms with van der Waals surface area (Å²) in [6.45, 7) is 9.21. The van der Waals surface area contributed by atoms with Crippen LogP contribution in [0.15, 0.2) is 69.6 Å². The first-order valence-corrected chi connectivity index (χ1v) is 21.2. The van der Waals surface area contributed by atoms with Gasteiger partial charge in [0.05, 0.1) is 0 Å². The fraction of sp³-hybridized carbons (Fsp3) is 0.522. The molecule has 0 unspecified atom stereocenters. The van der Waals surface area contributed by atoms with Gasteiger partial charge in [0.2, 0.25) is 0 Å². The summed E-state index contributed by atoms with van der Waals surface area (Å²) < 4.78 is 2.31. The van der Waals surface area contributed by atoms with Crippen molar-refractivity contribution in [2.75, 3.05) is 0 Å². The molecule has 4 rings (SSSR count). The van der Waals surface area contributed by atoms with Crippen molar-refractivity contribution in [3.05, 3.63) is 91.9 Å². The molecule has 0 aromatic heterocycles. The molecule has 260 valence electrons. The first-order valence-electron chi connectivity index (χ1n) is 19.6. The number of unbranched alkanes of at least 4 members (excludes halogenated alkanes) is 12. The first-order chi connectivity index (χ1) is 23.4. The minimum absolute atomic E-state index is 1.15. The van der Waals surface area contributed by atoms with Gasteiger partial charge in [-0.3, -0.25) is 0 Å². The fourth-order valence-corrected chi connectivity index (χ4v) is 8.22. The zero-order chi connectivity index (χ0) is 34.1. The van der Waals surface area contributed by atoms with Crippen LogP contribution in [0.25, 0.3) is 33.0 Å². The van der Waals surface area contributed by atoms with E-state index in [0.29, 0.717) is 0 Å². The third-order valence-corrected chi connectivity index (χ3v) is 10.9. The van der Waals surface area contributed by atoms with Gasteiger partial charge in [-0.25, -0.2) is 0 Å². The minimum atomic E-state index is 1.15. The van der Waals surface area contributed by atoms with Gasteiger partial charge in [0.15, 0.2) is 0 Å². The van der Waals surface area contributed by atoms with Crippen LogP contribution in [0.5, 0.6) is 0 Å². The van der Waals surface area contributed by atoms with E-state index in [9.17, 15) is 0 Å². The van der Waals surface area contributed by atoms with Gasteiger partial charge >= 0.3 is 0 Å². The molecule has 48 heavy (non-hydrogen) atoms. The molecule has 0 heterocycles. The summed E-state index contributed by atoms with van der Waals surface area (Å²) in [6, 6.07) is 24.4. The molecule has 0 saturated carbocycles. The molecule has 0 amide bonds. The maximum atomic E-state index is 3.98. The summed E-state index contributed by atoms with van der Waals surface area (Å²) in [6.07, 6.45) is 25.5. The number of hydrogen-bond donors (Lipinski definition) is 0. The van der Waals surface area contributed by atoms with Gasteiger partial charge < -0.3 is 0 Å². The van der Waals surface area contributed by atoms with E-state index in [1.165, 1.54) is 184 Å². The Morgan fingerprint density at radius 3 is 0.896 bits per heavy atom. The van der Waals surface area contributed by atoms with Crippen LogP contribution in [0.1, 0.15) is 153 Å². The number of halogens is 2. The Bertz CT molecular complexity index is 1370. The molecule has 4 aromatic carbocycles. The lowest BCUT2D eigenvalue weighted by molar-refractivity contribution is 0.661. The Morgan fingerprint density at radius 2 is 0.625 bits per heavy atom. The van der Waals surface area contributed by atoms with Crippen LogP contribution >= 0.6 is 31.9 Å². The lowest BCUT2D eigenvalue weighted by Gasteiger charge is -2.17. The normalized spacial score (nSPS) is 11.5. The maximum Gasteiger partial charge on any atom is 0.0188 e. The second-order valence-electron chi connectivity index (χ2n) is 14.3. The summed E-state index contributed by atoms with van der Waals surface area (Å²) in [7, 11) is 0. The Morgan fingerprint density at radius 1 is 0.333 bits per heavy atom. The molecule has 0 bridgehead atoms. The van der Waals surface area contributed by atoms with Crippen molar-refractivity contribution in [1.82, 2.24) is 0 Å². The zero-order valence-corrected chi connectivity index (χ0v) is 33.8. The topological polar surface area (TPSA) is 0 Å². The van der Waals surface area contributed by atoms with Gasteiger partial charge in [0, 0.05) is 8.95 Å². The second-order valence-corrected chi connectivity index (χ2v) is 16.2. The van der Waals surface area contributed by atoms with E-state index in [0.717, 1.165) is 8.95 Å². The van der Waals surface area contributed by atoms with E-state index in [4.69, 9.17) is 0 Å². The van der Waals surface area contributed by atoms with Gasteiger partial charge in [-0.2, -0.15) is 0 Å². The summed E-state index contributed by atoms with van der Waals surface area (Å²) >= 11 is 7.95. The number of rotatable bonds is 22. The highest BCUT2D eigenvalue weighted by Crippen LogP contribution is 2.41. The van der Waals surface area contributed by atoms with Crippen molar-refractivity contribution in [1.29, 1.82) is 0 Å². The monoisotopic (exact) mass is 772 g/mol. The van der Waals surface area contributed by atoms with Crippen molar-refractivity contribution in [3.63, 3.8) is 0 Å². The number of benzene rings is 4. The Labute approximate surface area is 311 Å². The molecule has 0 aliphatic carbocycles. The van der Waals surface area contributed by atoms with Crippen LogP contribution < -0.4 is 0 Å². The summed E-state index contributed by atoms with van der Waals surface area (Å²) in [5, 5.41) is 2.67. The highest BCUT2D eigenvalue weighted by molar-refractivity contribution is 9.10. The van der Waals surface area contributed by atoms with Crippen molar-refractivity contribution < 1.29 is 0 Å². The van der Waals surface area contributed by atoms with Crippen LogP contribution in [-0.2, 0) is 25.7 Å². The molecule has 0 spiro atoms. The van der Waals surface area contributed by atoms with Crippen LogP contribution in [0.3, 0.4) is 0 Å². The van der Waals surface area contributed by atoms with Crippen molar-refractivity contribution in [2.45, 2.75) is 156 Å². The van der Waals surface area contributed by atoms with Crippen LogP contribution in [0, 0.1) is 0 Å². The standard InChI is InChI=1S/C46H62Br2/c1-5-9-13-17-21-35-25-36(22-18-14-10-6-2)28-39(27-35)43-31-41(47)34-46-44(32-42(48)33-45(43)46)40-29-37(23-19-15-11-7-3)26-38(30-40)24-20-16-12-8-4/h25-34H,5-24H2,1-4H3. The number of aryl methyl sites for hydroxylation is 4. The lowest BCUT2D eigenvalue weighted by Crippen LogP contribution is -1.96. The molecule has 0 saturated heterocycles. The third-order valence-electron chi connectivity index (χ3n) is 10.0. The first kappa shape index (κ1) is 38.9. The average Bonchev–Trinajstić information content (AvgIpc) is 3.08. The lowest BCUT2D eigenvalue weighted by atomic mass is 9.89. The molecule has 0 radical (unpaired) electrons. The summed E-state index contributed by atoms with van der Waals surface area (Å²) in [5.41, 5.74) is 11.4. The van der Waals surface area contributed by atoms with Crippen LogP contribution in [0.4, 0.5) is 0 Å². The molecule has 0 nitrogen and oxygen atoms in total. The molecule has 4 aromatic rings. The highest BCUT2D eigenvalue weighted by Gasteiger charge is 2.15. The van der Waals surface area contributed by atoms with Crippen molar-refractivity contribution >= 4 is 42.6 Å². The Hall–Kier alpha value is -1.90. The van der Waals surface area contributed by atoms with E-state index in [-0.39, 0.29) is 0 Å². The molecular weight excluding hydrogens is 712 g/mol. The predicted octanol–water partition coefficient (Wildman–Crippen LogP) is 16.2. The third kappa shape index (κ3) is 12.2. The van der Waals surface area contributed by atoms with Gasteiger partial charge in [-0.15, -0.1) is 0 Å². The molecule has 2 heteroatoms. The zero-order valence-electron chi connectivity index (χ0n) is 30.7. The second kappa shape index (κ2) is 21.3. The highest BCUT2D eigenvalue weighted by atomic mass is 79.9. The van der Waals surface area contributed by atoms with E-state index in [1.807, 2.05) is 0 Å². The SMILES string of the molecule is CCCCCCc1cc(CCCCCC)cc(-c2cc(Br)cc3c(-c4cc(CCCCCC)cc(CCCCCC)c4)cc(Br)cc23)c1. The van der Waals surface area contributed by atoms with E-state index in [1.54, 1.807) is 0 Å². The molecule has 0 fully saturated rings. The number of hydrogen-bond acceptors (Lipinski definition) is 0. The fourth-order valence-electron chi connectivity index (χ4n) is 7.31. The average molecular weight is 775 g/mol. The van der Waals surface area contributed by atoms with E-state index in [2.05, 4.69) is 120 Å². The van der Waals surface area contributed by atoms with Gasteiger partial charge in [0.25, 0.3) is 0 Å². The van der Waals surface area contributed by atoms with Gasteiger partial charge in [-0.05, 0) is 131 Å². The predicted molar refractivity (Wildman–Crippen MR) is 222 cm³/mol. The van der Waals surface area contributed by atoms with Gasteiger partial charge in [0.1, 0.15) is 0 Å². The largest absolute Gasteiger partial charge is 0.0654 e. The molecule has 0 N–H and O–H groups in total. The Kier molecular flexibility index (Phi) is 17.3. The van der Waals surface area contributed by atoms with Crippen molar-refractivity contribution in [3.8, 4) is 22.3 Å². The smallest absolute Gasteiger partial charge is 0.0188 e. The summed E-state index contributed by atoms with van der Waals surface area (Å²) in [5.74, 6) is 0. The van der Waals surface area contributed by atoms with Crippen LogP contribution in [-0.4, -0.2) is 0 Å². The molecule has 0 atom stereocenters. The van der Waals surface area contributed by atoms with Crippen molar-refractivity contribution in [2.24, 2.45) is 0 Å². The minimum Gasteiger partial charge on any atom is -0.0654 e. The maximum absolute atomic E-state index is 3.98. The molecule has 0 aliphatic rings. The molecular formula is C46H62Br2. The van der Waals surface area contributed by atoms with Gasteiger partial charge in [-0.1, -0.05) is 173 Å². The molecule has 0 aliphatic heterocycles. The number of fused-ring (bicyclic) bond motifs is 1. The van der Waals surface area contributed by atoms with Crippen LogP contribution in [0.2, 0.25) is 0 Å². The quantitative estimate of drug-likeness (QED) is 0.0698. The van der Waals surface area contributed by atoms with E-state index >= 15 is 0 Å². The Balaban J connectivity index is 1.79. The van der Waals surface area contributed by atoms with E-state index < -0.39 is 0 Å². The summed E-state index contributed by atoms with van der Waals surface area (Å²) in [4.78, 5) is 0.